The first-order chi connectivity index (χ1) is 15.2. The van der Waals surface area contributed by atoms with Crippen LogP contribution in [0.15, 0.2) is 42.1 Å². The molecule has 0 saturated carbocycles. The Morgan fingerprint density at radius 3 is 2.74 bits per heavy atom. The van der Waals surface area contributed by atoms with Crippen LogP contribution in [0.1, 0.15) is 47.2 Å². The summed E-state index contributed by atoms with van der Waals surface area (Å²) in [5.41, 5.74) is 13.6. The van der Waals surface area contributed by atoms with Crippen molar-refractivity contribution >= 4 is 11.5 Å². The smallest absolute Gasteiger partial charge is 0.234 e. The first-order valence-corrected chi connectivity index (χ1v) is 11.1. The maximum atomic E-state index is 12.2. The van der Waals surface area contributed by atoms with E-state index in [9.17, 15) is 10.1 Å². The van der Waals surface area contributed by atoms with E-state index in [-0.39, 0.29) is 5.91 Å². The number of nitriles is 1. The van der Waals surface area contributed by atoms with E-state index in [4.69, 9.17) is 10.7 Å². The zero-order valence-electron chi connectivity index (χ0n) is 17.9. The van der Waals surface area contributed by atoms with Crippen molar-refractivity contribution in [2.24, 2.45) is 5.73 Å². The van der Waals surface area contributed by atoms with Crippen LogP contribution in [0.4, 0.5) is 0 Å². The Bertz CT molecular complexity index is 1030. The molecule has 1 fully saturated rings. The van der Waals surface area contributed by atoms with Crippen LogP contribution < -0.4 is 11.1 Å². The van der Waals surface area contributed by atoms with Gasteiger partial charge in [-0.25, -0.2) is 0 Å². The molecule has 6 nitrogen and oxygen atoms in total. The average molecular weight is 416 g/mol. The van der Waals surface area contributed by atoms with E-state index in [0.29, 0.717) is 25.2 Å². The summed E-state index contributed by atoms with van der Waals surface area (Å²) < 4.78 is 0. The Kier molecular flexibility index (Phi) is 6.76. The lowest BCUT2D eigenvalue weighted by Crippen LogP contribution is -2.40. The quantitative estimate of drug-likeness (QED) is 0.732. The molecule has 1 aliphatic carbocycles. The van der Waals surface area contributed by atoms with Crippen LogP contribution in [0.5, 0.6) is 0 Å². The summed E-state index contributed by atoms with van der Waals surface area (Å²) in [4.78, 5) is 19.2. The first-order valence-electron chi connectivity index (χ1n) is 11.1. The molecule has 1 aromatic heterocycles. The molecule has 6 heteroatoms. The predicted molar refractivity (Wildman–Crippen MR) is 121 cm³/mol. The number of nitrogens with two attached hydrogens (primary N) is 1. The van der Waals surface area contributed by atoms with Gasteiger partial charge >= 0.3 is 0 Å². The van der Waals surface area contributed by atoms with Crippen molar-refractivity contribution in [3.05, 3.63) is 70.0 Å². The lowest BCUT2D eigenvalue weighted by Gasteiger charge is -2.29. The van der Waals surface area contributed by atoms with Crippen LogP contribution >= 0.6 is 0 Å². The van der Waals surface area contributed by atoms with Gasteiger partial charge in [-0.3, -0.25) is 14.7 Å². The molecule has 0 radical (unpaired) electrons. The number of carbonyl (C=O) groups excluding carboxylic acids is 1. The highest BCUT2D eigenvalue weighted by Gasteiger charge is 2.25. The summed E-state index contributed by atoms with van der Waals surface area (Å²) in [5.74, 6) is 0.0698. The fraction of sp³-hybridized carbons (Fsp3) is 0.400. The van der Waals surface area contributed by atoms with Crippen molar-refractivity contribution in [1.29, 1.82) is 5.26 Å². The normalized spacial score (nSPS) is 16.1. The predicted octanol–water partition coefficient (Wildman–Crippen LogP) is 2.41. The van der Waals surface area contributed by atoms with Gasteiger partial charge in [-0.15, -0.1) is 0 Å². The molecule has 0 unspecified atom stereocenters. The molecule has 2 heterocycles. The van der Waals surface area contributed by atoms with Gasteiger partial charge in [-0.2, -0.15) is 5.26 Å². The number of likely N-dealkylation sites (tertiary alicyclic amines) is 1. The molecule has 1 aliphatic heterocycles. The van der Waals surface area contributed by atoms with E-state index >= 15 is 0 Å². The summed E-state index contributed by atoms with van der Waals surface area (Å²) in [7, 11) is 0. The average Bonchev–Trinajstić information content (AvgIpc) is 2.96. The van der Waals surface area contributed by atoms with Gasteiger partial charge in [0.15, 0.2) is 0 Å². The Morgan fingerprint density at radius 1 is 1.16 bits per heavy atom. The van der Waals surface area contributed by atoms with Crippen LogP contribution in [0.3, 0.4) is 0 Å². The molecule has 1 aromatic carbocycles. The van der Waals surface area contributed by atoms with Crippen LogP contribution in [0.25, 0.3) is 5.57 Å². The Hall–Kier alpha value is -3.01. The molecule has 0 bridgehead atoms. The molecular weight excluding hydrogens is 386 g/mol. The minimum absolute atomic E-state index is 0.0698. The maximum absolute atomic E-state index is 12.2. The zero-order valence-corrected chi connectivity index (χ0v) is 17.9. The highest BCUT2D eigenvalue weighted by molar-refractivity contribution is 5.85. The van der Waals surface area contributed by atoms with Crippen LogP contribution in [-0.4, -0.2) is 48.5 Å². The summed E-state index contributed by atoms with van der Waals surface area (Å²) in [6, 6.07) is 12.5. The van der Waals surface area contributed by atoms with Crippen LogP contribution in [0, 0.1) is 11.3 Å². The van der Waals surface area contributed by atoms with Gasteiger partial charge < -0.3 is 11.1 Å². The van der Waals surface area contributed by atoms with E-state index in [1.165, 1.54) is 27.8 Å². The number of aromatic nitrogens is 1. The standard InChI is InChI=1S/C25H29N5O/c26-10-2-12-28-23(31)17-30-13-8-19(9-14-30)24-22-7-4-18(16-27)15-21(22)6-5-20-3-1-11-29-25(20)24/h1,3-4,7,11,15H,2,5-6,8-10,12-14,17,26H2,(H,28,31). The van der Waals surface area contributed by atoms with Gasteiger partial charge in [-0.1, -0.05) is 17.7 Å². The van der Waals surface area contributed by atoms with Gasteiger partial charge in [0.1, 0.15) is 0 Å². The van der Waals surface area contributed by atoms with Gasteiger partial charge in [0, 0.05) is 31.4 Å². The third-order valence-corrected chi connectivity index (χ3v) is 6.18. The molecule has 1 saturated heterocycles. The molecule has 160 valence electrons. The number of nitrogens with zero attached hydrogens (tertiary/aromatic N) is 3. The van der Waals surface area contributed by atoms with Gasteiger partial charge in [0.2, 0.25) is 5.91 Å². The number of benzene rings is 1. The minimum atomic E-state index is 0.0698. The van der Waals surface area contributed by atoms with Gasteiger partial charge in [0.25, 0.3) is 0 Å². The molecule has 3 N–H and O–H groups in total. The number of rotatable bonds is 5. The second kappa shape index (κ2) is 9.86. The molecule has 2 aromatic rings. The van der Waals surface area contributed by atoms with Crippen molar-refractivity contribution in [3.8, 4) is 6.07 Å². The van der Waals surface area contributed by atoms with E-state index in [1.807, 2.05) is 24.4 Å². The molecule has 0 atom stereocenters. The maximum Gasteiger partial charge on any atom is 0.234 e. The van der Waals surface area contributed by atoms with E-state index in [0.717, 1.165) is 50.9 Å². The van der Waals surface area contributed by atoms with Gasteiger partial charge in [0.05, 0.1) is 23.9 Å². The number of aryl methyl sites for hydroxylation is 2. The zero-order chi connectivity index (χ0) is 21.6. The number of hydrogen-bond acceptors (Lipinski definition) is 5. The minimum Gasteiger partial charge on any atom is -0.355 e. The van der Waals surface area contributed by atoms with Crippen molar-refractivity contribution in [2.45, 2.75) is 32.1 Å². The monoisotopic (exact) mass is 415 g/mol. The second-order valence-corrected chi connectivity index (χ2v) is 8.24. The topological polar surface area (TPSA) is 95.0 Å². The van der Waals surface area contributed by atoms with Crippen molar-refractivity contribution < 1.29 is 4.79 Å². The summed E-state index contributed by atoms with van der Waals surface area (Å²) in [5, 5.41) is 12.3. The highest BCUT2D eigenvalue weighted by Crippen LogP contribution is 2.37. The number of piperidine rings is 1. The highest BCUT2D eigenvalue weighted by atomic mass is 16.2. The van der Waals surface area contributed by atoms with Crippen molar-refractivity contribution in [1.82, 2.24) is 15.2 Å². The lowest BCUT2D eigenvalue weighted by molar-refractivity contribution is -0.122. The fourth-order valence-corrected chi connectivity index (χ4v) is 4.55. The largest absolute Gasteiger partial charge is 0.355 e. The van der Waals surface area contributed by atoms with Crippen LogP contribution in [-0.2, 0) is 17.6 Å². The molecule has 4 rings (SSSR count). The molecular formula is C25H29N5O. The Morgan fingerprint density at radius 2 is 1.97 bits per heavy atom. The summed E-state index contributed by atoms with van der Waals surface area (Å²) in [6.07, 6.45) is 6.35. The first kappa shape index (κ1) is 21.2. The number of carbonyl (C=O) groups is 1. The molecule has 1 amide bonds. The number of fused-ring (bicyclic) bond motifs is 2. The summed E-state index contributed by atoms with van der Waals surface area (Å²) in [6.45, 7) is 3.38. The van der Waals surface area contributed by atoms with Crippen molar-refractivity contribution in [2.75, 3.05) is 32.7 Å². The lowest BCUT2D eigenvalue weighted by atomic mass is 9.88. The van der Waals surface area contributed by atoms with E-state index in [1.54, 1.807) is 0 Å². The number of pyridine rings is 1. The van der Waals surface area contributed by atoms with Crippen molar-refractivity contribution in [3.63, 3.8) is 0 Å². The second-order valence-electron chi connectivity index (χ2n) is 8.24. The Balaban J connectivity index is 1.59. The summed E-state index contributed by atoms with van der Waals surface area (Å²) >= 11 is 0. The molecule has 2 aliphatic rings. The Labute approximate surface area is 183 Å². The third-order valence-electron chi connectivity index (χ3n) is 6.18. The van der Waals surface area contributed by atoms with Crippen LogP contribution in [0.2, 0.25) is 0 Å². The van der Waals surface area contributed by atoms with E-state index < -0.39 is 0 Å². The SMILES string of the molecule is N#Cc1ccc2c(c1)CCc1cccnc1C2=C1CCN(CC(=O)NCCCN)CC1. The molecule has 0 spiro atoms. The number of nitrogens with one attached hydrogen (secondary N) is 1. The molecule has 31 heavy (non-hydrogen) atoms. The third kappa shape index (κ3) is 4.84. The van der Waals surface area contributed by atoms with Gasteiger partial charge in [-0.05, 0) is 73.5 Å². The number of hydrogen-bond donors (Lipinski definition) is 2. The fourth-order valence-electron chi connectivity index (χ4n) is 4.55. The number of amides is 1. The van der Waals surface area contributed by atoms with E-state index in [2.05, 4.69) is 28.4 Å².